The third-order valence-corrected chi connectivity index (χ3v) is 3.46. The molecule has 1 atom stereocenters. The van der Waals surface area contributed by atoms with Crippen molar-refractivity contribution >= 4 is 11.4 Å². The molecule has 2 aromatic carbocycles. The van der Waals surface area contributed by atoms with Gasteiger partial charge in [0.15, 0.2) is 0 Å². The zero-order valence-corrected chi connectivity index (χ0v) is 12.0. The summed E-state index contributed by atoms with van der Waals surface area (Å²) in [5.74, 6) is 0. The van der Waals surface area contributed by atoms with Gasteiger partial charge in [0.2, 0.25) is 0 Å². The molecular formula is C17H18N2O2. The van der Waals surface area contributed by atoms with Crippen molar-refractivity contribution in [2.24, 2.45) is 0 Å². The van der Waals surface area contributed by atoms with Gasteiger partial charge >= 0.3 is 0 Å². The Kier molecular flexibility index (Phi) is 4.72. The van der Waals surface area contributed by atoms with E-state index >= 15 is 0 Å². The largest absolute Gasteiger partial charge is 0.356 e. The molecule has 0 saturated heterocycles. The highest BCUT2D eigenvalue weighted by atomic mass is 16.6. The highest BCUT2D eigenvalue weighted by Gasteiger charge is 2.22. The molecule has 2 aromatic rings. The average Bonchev–Trinajstić information content (AvgIpc) is 2.53. The zero-order valence-electron chi connectivity index (χ0n) is 12.0. The SMILES string of the molecule is C=CCN(c1ccccc1[N+](=O)[O-])C(C)c1ccccc1. The summed E-state index contributed by atoms with van der Waals surface area (Å²) in [6, 6.07) is 16.8. The molecule has 0 aliphatic carbocycles. The first-order valence-corrected chi connectivity index (χ1v) is 6.81. The Balaban J connectivity index is 2.44. The van der Waals surface area contributed by atoms with Crippen LogP contribution < -0.4 is 4.90 Å². The minimum Gasteiger partial charge on any atom is -0.356 e. The Morgan fingerprint density at radius 1 is 1.19 bits per heavy atom. The molecule has 0 radical (unpaired) electrons. The minimum absolute atomic E-state index is 0.0188. The summed E-state index contributed by atoms with van der Waals surface area (Å²) in [6.45, 7) is 6.34. The van der Waals surface area contributed by atoms with Crippen molar-refractivity contribution in [3.8, 4) is 0 Å². The molecule has 0 aliphatic heterocycles. The van der Waals surface area contributed by atoms with Gasteiger partial charge in [-0.25, -0.2) is 0 Å². The van der Waals surface area contributed by atoms with Crippen LogP contribution in [0.5, 0.6) is 0 Å². The lowest BCUT2D eigenvalue weighted by atomic mass is 10.1. The molecular weight excluding hydrogens is 264 g/mol. The summed E-state index contributed by atoms with van der Waals surface area (Å²) in [5, 5.41) is 11.2. The normalized spacial score (nSPS) is 11.7. The van der Waals surface area contributed by atoms with E-state index < -0.39 is 0 Å². The topological polar surface area (TPSA) is 46.4 Å². The number of hydrogen-bond acceptors (Lipinski definition) is 3. The quantitative estimate of drug-likeness (QED) is 0.449. The van der Waals surface area contributed by atoms with E-state index in [2.05, 4.69) is 6.58 Å². The number of benzene rings is 2. The van der Waals surface area contributed by atoms with Crippen molar-refractivity contribution in [1.82, 2.24) is 0 Å². The third-order valence-electron chi connectivity index (χ3n) is 3.46. The number of rotatable bonds is 6. The van der Waals surface area contributed by atoms with E-state index in [1.807, 2.05) is 48.2 Å². The Labute approximate surface area is 124 Å². The van der Waals surface area contributed by atoms with Crippen LogP contribution in [0.1, 0.15) is 18.5 Å². The van der Waals surface area contributed by atoms with Crippen molar-refractivity contribution in [2.75, 3.05) is 11.4 Å². The summed E-state index contributed by atoms with van der Waals surface area (Å²) < 4.78 is 0. The molecule has 0 aromatic heterocycles. The molecule has 0 spiro atoms. The molecule has 1 unspecified atom stereocenters. The summed E-state index contributed by atoms with van der Waals surface area (Å²) in [5.41, 5.74) is 1.83. The average molecular weight is 282 g/mol. The van der Waals surface area contributed by atoms with Crippen LogP contribution in [0.15, 0.2) is 67.3 Å². The molecule has 2 rings (SSSR count). The number of hydrogen-bond donors (Lipinski definition) is 0. The van der Waals surface area contributed by atoms with Crippen molar-refractivity contribution in [3.63, 3.8) is 0 Å². The second kappa shape index (κ2) is 6.70. The maximum atomic E-state index is 11.2. The van der Waals surface area contributed by atoms with Crippen LogP contribution in [-0.4, -0.2) is 11.5 Å². The van der Waals surface area contributed by atoms with Crippen molar-refractivity contribution in [1.29, 1.82) is 0 Å². The molecule has 0 fully saturated rings. The van der Waals surface area contributed by atoms with Crippen molar-refractivity contribution < 1.29 is 4.92 Å². The minimum atomic E-state index is -0.344. The van der Waals surface area contributed by atoms with Crippen molar-refractivity contribution in [3.05, 3.63) is 82.9 Å². The number of para-hydroxylation sites is 2. The maximum Gasteiger partial charge on any atom is 0.292 e. The van der Waals surface area contributed by atoms with Gasteiger partial charge in [0.1, 0.15) is 5.69 Å². The van der Waals surface area contributed by atoms with E-state index in [4.69, 9.17) is 0 Å². The molecule has 0 N–H and O–H groups in total. The highest BCUT2D eigenvalue weighted by Crippen LogP contribution is 2.33. The fourth-order valence-corrected chi connectivity index (χ4v) is 2.38. The fourth-order valence-electron chi connectivity index (χ4n) is 2.38. The van der Waals surface area contributed by atoms with E-state index in [0.717, 1.165) is 5.56 Å². The van der Waals surface area contributed by atoms with Crippen LogP contribution in [0.25, 0.3) is 0 Å². The molecule has 4 heteroatoms. The predicted molar refractivity (Wildman–Crippen MR) is 85.5 cm³/mol. The van der Waals surface area contributed by atoms with Gasteiger partial charge in [-0.15, -0.1) is 6.58 Å². The Hall–Kier alpha value is -2.62. The first-order chi connectivity index (χ1) is 10.1. The van der Waals surface area contributed by atoms with E-state index in [1.54, 1.807) is 18.2 Å². The predicted octanol–water partition coefficient (Wildman–Crippen LogP) is 4.35. The number of anilines is 1. The Morgan fingerprint density at radius 2 is 1.81 bits per heavy atom. The van der Waals surface area contributed by atoms with E-state index in [1.165, 1.54) is 6.07 Å². The molecule has 4 nitrogen and oxygen atoms in total. The van der Waals surface area contributed by atoms with Crippen LogP contribution in [-0.2, 0) is 0 Å². The van der Waals surface area contributed by atoms with Gasteiger partial charge in [0, 0.05) is 12.6 Å². The lowest BCUT2D eigenvalue weighted by molar-refractivity contribution is -0.384. The molecule has 21 heavy (non-hydrogen) atoms. The third kappa shape index (κ3) is 3.28. The number of nitro benzene ring substituents is 1. The molecule has 0 aliphatic rings. The zero-order chi connectivity index (χ0) is 15.2. The van der Waals surface area contributed by atoms with Gasteiger partial charge in [-0.3, -0.25) is 10.1 Å². The first-order valence-electron chi connectivity index (χ1n) is 6.81. The highest BCUT2D eigenvalue weighted by molar-refractivity contribution is 5.64. The summed E-state index contributed by atoms with van der Waals surface area (Å²) >= 11 is 0. The standard InChI is InChI=1S/C17H18N2O2/c1-3-13-18(14(2)15-9-5-4-6-10-15)16-11-7-8-12-17(16)19(20)21/h3-12,14H,1,13H2,2H3. The number of nitro groups is 1. The summed E-state index contributed by atoms with van der Waals surface area (Å²) in [7, 11) is 0. The van der Waals surface area contributed by atoms with Crippen molar-refractivity contribution in [2.45, 2.75) is 13.0 Å². The van der Waals surface area contributed by atoms with Gasteiger partial charge in [-0.2, -0.15) is 0 Å². The van der Waals surface area contributed by atoms with Gasteiger partial charge in [-0.1, -0.05) is 48.5 Å². The van der Waals surface area contributed by atoms with Crippen LogP contribution >= 0.6 is 0 Å². The van der Waals surface area contributed by atoms with Crippen LogP contribution in [0.2, 0.25) is 0 Å². The molecule has 0 amide bonds. The Bertz CT molecular complexity index is 626. The smallest absolute Gasteiger partial charge is 0.292 e. The summed E-state index contributed by atoms with van der Waals surface area (Å²) in [6.07, 6.45) is 1.76. The van der Waals surface area contributed by atoms with Gasteiger partial charge in [0.25, 0.3) is 5.69 Å². The second-order valence-corrected chi connectivity index (χ2v) is 4.77. The van der Waals surface area contributed by atoms with Gasteiger partial charge < -0.3 is 4.90 Å². The van der Waals surface area contributed by atoms with E-state index in [-0.39, 0.29) is 16.7 Å². The Morgan fingerprint density at radius 3 is 2.43 bits per heavy atom. The first kappa shape index (κ1) is 14.8. The van der Waals surface area contributed by atoms with E-state index in [0.29, 0.717) is 12.2 Å². The second-order valence-electron chi connectivity index (χ2n) is 4.77. The summed E-state index contributed by atoms with van der Waals surface area (Å²) in [4.78, 5) is 12.9. The van der Waals surface area contributed by atoms with Crippen LogP contribution in [0, 0.1) is 10.1 Å². The van der Waals surface area contributed by atoms with Crippen LogP contribution in [0.3, 0.4) is 0 Å². The van der Waals surface area contributed by atoms with Gasteiger partial charge in [-0.05, 0) is 18.6 Å². The molecule has 0 saturated carbocycles. The lowest BCUT2D eigenvalue weighted by Crippen LogP contribution is -2.27. The van der Waals surface area contributed by atoms with E-state index in [9.17, 15) is 10.1 Å². The maximum absolute atomic E-state index is 11.2. The monoisotopic (exact) mass is 282 g/mol. The van der Waals surface area contributed by atoms with Gasteiger partial charge in [0.05, 0.1) is 11.0 Å². The van der Waals surface area contributed by atoms with Crippen LogP contribution in [0.4, 0.5) is 11.4 Å². The fraction of sp³-hybridized carbons (Fsp3) is 0.176. The number of nitrogens with zero attached hydrogens (tertiary/aromatic N) is 2. The molecule has 0 heterocycles. The molecule has 0 bridgehead atoms. The molecule has 108 valence electrons. The lowest BCUT2D eigenvalue weighted by Gasteiger charge is -2.30.